The molecule has 1 fully saturated rings. The maximum atomic E-state index is 13.1. The van der Waals surface area contributed by atoms with E-state index < -0.39 is 25.9 Å². The van der Waals surface area contributed by atoms with Crippen molar-refractivity contribution < 1.29 is 16.8 Å². The van der Waals surface area contributed by atoms with Gasteiger partial charge in [-0.2, -0.15) is 4.31 Å². The van der Waals surface area contributed by atoms with Crippen molar-refractivity contribution in [2.24, 2.45) is 0 Å². The first-order valence-corrected chi connectivity index (χ1v) is 12.1. The maximum absolute atomic E-state index is 13.1. The van der Waals surface area contributed by atoms with E-state index in [1.54, 1.807) is 30.3 Å². The van der Waals surface area contributed by atoms with Crippen LogP contribution in [0.15, 0.2) is 35.2 Å². The van der Waals surface area contributed by atoms with Gasteiger partial charge in [0.2, 0.25) is 10.0 Å². The molecular weight excluding hydrogens is 360 g/mol. The van der Waals surface area contributed by atoms with Gasteiger partial charge in [-0.15, -0.1) is 0 Å². The zero-order valence-corrected chi connectivity index (χ0v) is 16.6. The van der Waals surface area contributed by atoms with Gasteiger partial charge >= 0.3 is 0 Å². The van der Waals surface area contributed by atoms with E-state index in [9.17, 15) is 16.8 Å². The van der Waals surface area contributed by atoms with Gasteiger partial charge < -0.3 is 4.90 Å². The molecule has 1 aliphatic rings. The molecule has 0 N–H and O–H groups in total. The van der Waals surface area contributed by atoms with Crippen molar-refractivity contribution in [2.45, 2.75) is 37.6 Å². The molecule has 25 heavy (non-hydrogen) atoms. The van der Waals surface area contributed by atoms with E-state index in [2.05, 4.69) is 18.7 Å². The maximum Gasteiger partial charge on any atom is 0.243 e. The van der Waals surface area contributed by atoms with Crippen molar-refractivity contribution in [1.29, 1.82) is 0 Å². The third kappa shape index (κ3) is 5.26. The van der Waals surface area contributed by atoms with E-state index in [0.29, 0.717) is 19.4 Å². The molecular formula is C17H28N2O4S2. The summed E-state index contributed by atoms with van der Waals surface area (Å²) in [6, 6.07) is 7.81. The van der Waals surface area contributed by atoms with Crippen molar-refractivity contribution in [1.82, 2.24) is 9.21 Å². The van der Waals surface area contributed by atoms with Crippen molar-refractivity contribution in [3.63, 3.8) is 0 Å². The Morgan fingerprint density at radius 1 is 1.08 bits per heavy atom. The monoisotopic (exact) mass is 388 g/mol. The molecule has 1 aromatic carbocycles. The second kappa shape index (κ2) is 8.62. The summed E-state index contributed by atoms with van der Waals surface area (Å²) in [4.78, 5) is 2.46. The van der Waals surface area contributed by atoms with Gasteiger partial charge in [0.05, 0.1) is 16.4 Å². The molecule has 0 amide bonds. The topological polar surface area (TPSA) is 74.8 Å². The number of nitrogens with zero attached hydrogens (tertiary/aromatic N) is 2. The highest BCUT2D eigenvalue weighted by molar-refractivity contribution is 7.92. The quantitative estimate of drug-likeness (QED) is 0.642. The molecule has 0 aromatic heterocycles. The summed E-state index contributed by atoms with van der Waals surface area (Å²) < 4.78 is 51.2. The summed E-state index contributed by atoms with van der Waals surface area (Å²) in [5.74, 6) is -0.0150. The van der Waals surface area contributed by atoms with E-state index in [1.807, 2.05) is 0 Å². The molecule has 8 heteroatoms. The van der Waals surface area contributed by atoms with Gasteiger partial charge in [0.25, 0.3) is 0 Å². The SMILES string of the molecule is CCN(CC)CCCN([C@H]1CCS(=O)(=O)C1)S(=O)(=O)c1ccccc1. The number of hydrogen-bond donors (Lipinski definition) is 0. The minimum absolute atomic E-state index is 0.0640. The van der Waals surface area contributed by atoms with Crippen molar-refractivity contribution >= 4 is 19.9 Å². The summed E-state index contributed by atoms with van der Waals surface area (Å²) in [7, 11) is -6.85. The number of rotatable bonds is 9. The van der Waals surface area contributed by atoms with Crippen LogP contribution in [0.25, 0.3) is 0 Å². The van der Waals surface area contributed by atoms with Crippen LogP contribution < -0.4 is 0 Å². The van der Waals surface area contributed by atoms with E-state index in [1.165, 1.54) is 4.31 Å². The van der Waals surface area contributed by atoms with Crippen LogP contribution in [0.2, 0.25) is 0 Å². The van der Waals surface area contributed by atoms with E-state index in [-0.39, 0.29) is 16.4 Å². The highest BCUT2D eigenvalue weighted by Crippen LogP contribution is 2.25. The normalized spacial score (nSPS) is 20.4. The Balaban J connectivity index is 2.20. The van der Waals surface area contributed by atoms with Crippen LogP contribution in [0.5, 0.6) is 0 Å². The Labute approximate surface area is 151 Å². The Bertz CT molecular complexity index is 744. The molecule has 0 radical (unpaired) electrons. The molecule has 0 aliphatic carbocycles. The zero-order chi connectivity index (χ0) is 18.5. The third-order valence-corrected chi connectivity index (χ3v) is 8.43. The van der Waals surface area contributed by atoms with Gasteiger partial charge in [0, 0.05) is 12.6 Å². The van der Waals surface area contributed by atoms with Gasteiger partial charge in [-0.3, -0.25) is 0 Å². The molecule has 1 atom stereocenters. The van der Waals surface area contributed by atoms with Crippen LogP contribution in [-0.4, -0.2) is 69.8 Å². The van der Waals surface area contributed by atoms with Crippen molar-refractivity contribution in [3.8, 4) is 0 Å². The second-order valence-electron chi connectivity index (χ2n) is 6.37. The van der Waals surface area contributed by atoms with Crippen LogP contribution >= 0.6 is 0 Å². The second-order valence-corrected chi connectivity index (χ2v) is 10.5. The average Bonchev–Trinajstić information content (AvgIpc) is 2.95. The Morgan fingerprint density at radius 3 is 2.24 bits per heavy atom. The Hall–Kier alpha value is -0.960. The summed E-state index contributed by atoms with van der Waals surface area (Å²) in [5.41, 5.74) is 0. The predicted octanol–water partition coefficient (Wildman–Crippen LogP) is 1.60. The fourth-order valence-corrected chi connectivity index (χ4v) is 6.76. The minimum Gasteiger partial charge on any atom is -0.304 e. The number of hydrogen-bond acceptors (Lipinski definition) is 5. The standard InChI is InChI=1S/C17H28N2O4S2/c1-3-18(4-2)12-8-13-19(16-11-14-24(20,21)15-16)25(22,23)17-9-6-5-7-10-17/h5-7,9-10,16H,3-4,8,11-15H2,1-2H3/t16-/m0/s1. The first-order valence-electron chi connectivity index (χ1n) is 8.80. The first-order chi connectivity index (χ1) is 11.8. The fraction of sp³-hybridized carbons (Fsp3) is 0.647. The summed E-state index contributed by atoms with van der Waals surface area (Å²) in [5, 5.41) is 0. The van der Waals surface area contributed by atoms with Crippen LogP contribution in [0.4, 0.5) is 0 Å². The summed E-state index contributed by atoms with van der Waals surface area (Å²) >= 11 is 0. The first kappa shape index (κ1) is 20.4. The number of sulfone groups is 1. The van der Waals surface area contributed by atoms with Crippen LogP contribution in [-0.2, 0) is 19.9 Å². The largest absolute Gasteiger partial charge is 0.304 e. The molecule has 1 aliphatic heterocycles. The predicted molar refractivity (Wildman–Crippen MR) is 99.8 cm³/mol. The molecule has 0 saturated carbocycles. The lowest BCUT2D eigenvalue weighted by Gasteiger charge is -2.28. The van der Waals surface area contributed by atoms with Gasteiger partial charge in [-0.1, -0.05) is 32.0 Å². The van der Waals surface area contributed by atoms with E-state index in [4.69, 9.17) is 0 Å². The van der Waals surface area contributed by atoms with E-state index in [0.717, 1.165) is 19.6 Å². The highest BCUT2D eigenvalue weighted by Gasteiger charge is 2.38. The fourth-order valence-electron chi connectivity index (χ4n) is 3.22. The molecule has 2 rings (SSSR count). The van der Waals surface area contributed by atoms with Gasteiger partial charge in [0.1, 0.15) is 0 Å². The van der Waals surface area contributed by atoms with Gasteiger partial charge in [-0.25, -0.2) is 16.8 Å². The average molecular weight is 389 g/mol. The molecule has 142 valence electrons. The molecule has 0 bridgehead atoms. The summed E-state index contributed by atoms with van der Waals surface area (Å²) in [6.07, 6.45) is 1.06. The van der Waals surface area contributed by atoms with E-state index >= 15 is 0 Å². The number of sulfonamides is 1. The number of benzene rings is 1. The molecule has 0 spiro atoms. The molecule has 6 nitrogen and oxygen atoms in total. The minimum atomic E-state index is -3.70. The molecule has 0 unspecified atom stereocenters. The zero-order valence-electron chi connectivity index (χ0n) is 15.0. The van der Waals surface area contributed by atoms with Gasteiger partial charge in [0.15, 0.2) is 9.84 Å². The Kier molecular flexibility index (Phi) is 7.01. The molecule has 1 aromatic rings. The smallest absolute Gasteiger partial charge is 0.243 e. The third-order valence-electron chi connectivity index (χ3n) is 4.71. The van der Waals surface area contributed by atoms with Crippen LogP contribution in [0, 0.1) is 0 Å². The van der Waals surface area contributed by atoms with Crippen molar-refractivity contribution in [2.75, 3.05) is 37.7 Å². The lowest BCUT2D eigenvalue weighted by molar-refractivity contribution is 0.269. The van der Waals surface area contributed by atoms with Crippen molar-refractivity contribution in [3.05, 3.63) is 30.3 Å². The van der Waals surface area contributed by atoms with Crippen LogP contribution in [0.3, 0.4) is 0 Å². The lowest BCUT2D eigenvalue weighted by atomic mass is 10.2. The summed E-state index contributed by atoms with van der Waals surface area (Å²) in [6.45, 7) is 7.12. The highest BCUT2D eigenvalue weighted by atomic mass is 32.2. The molecule has 1 saturated heterocycles. The van der Waals surface area contributed by atoms with Gasteiger partial charge in [-0.05, 0) is 44.6 Å². The Morgan fingerprint density at radius 2 is 1.72 bits per heavy atom. The van der Waals surface area contributed by atoms with Crippen LogP contribution in [0.1, 0.15) is 26.7 Å². The molecule has 1 heterocycles. The lowest BCUT2D eigenvalue weighted by Crippen LogP contribution is -2.42.